The molecule has 0 saturated carbocycles. The first-order valence-electron chi connectivity index (χ1n) is 8.48. The number of likely N-dealkylation sites (N-methyl/N-ethyl adjacent to an activating group) is 1. The second kappa shape index (κ2) is 7.99. The number of likely N-dealkylation sites (tertiary alicyclic amines) is 1. The molecule has 2 aliphatic rings. The molecule has 21 heavy (non-hydrogen) atoms. The molecular formula is C16H33N5. The Bertz CT molecular complexity index is 336. The highest BCUT2D eigenvalue weighted by atomic mass is 15.3. The van der Waals surface area contributed by atoms with Crippen molar-refractivity contribution in [3.63, 3.8) is 0 Å². The van der Waals surface area contributed by atoms with Crippen LogP contribution in [-0.4, -0.2) is 86.6 Å². The van der Waals surface area contributed by atoms with Crippen molar-refractivity contribution in [2.45, 2.75) is 32.7 Å². The topological polar surface area (TPSA) is 34.1 Å². The molecule has 2 fully saturated rings. The number of guanidine groups is 1. The van der Waals surface area contributed by atoms with Crippen molar-refractivity contribution in [2.24, 2.45) is 10.9 Å². The first kappa shape index (κ1) is 16.6. The number of nitrogens with one attached hydrogen (secondary N) is 1. The van der Waals surface area contributed by atoms with Gasteiger partial charge < -0.3 is 15.1 Å². The number of hydrogen-bond donors (Lipinski definition) is 1. The fourth-order valence-corrected chi connectivity index (χ4v) is 3.34. The van der Waals surface area contributed by atoms with Gasteiger partial charge in [-0.25, -0.2) is 0 Å². The van der Waals surface area contributed by atoms with E-state index in [-0.39, 0.29) is 0 Å². The normalized spacial score (nSPS) is 27.7. The molecule has 0 aromatic rings. The van der Waals surface area contributed by atoms with Gasteiger partial charge in [-0.05, 0) is 32.7 Å². The van der Waals surface area contributed by atoms with E-state index in [1.54, 1.807) is 0 Å². The van der Waals surface area contributed by atoms with E-state index in [1.165, 1.54) is 39.0 Å². The Balaban J connectivity index is 1.77. The molecule has 5 heteroatoms. The van der Waals surface area contributed by atoms with Gasteiger partial charge in [-0.2, -0.15) is 0 Å². The van der Waals surface area contributed by atoms with Crippen molar-refractivity contribution < 1.29 is 0 Å². The summed E-state index contributed by atoms with van der Waals surface area (Å²) in [6, 6.07) is 0.567. The minimum absolute atomic E-state index is 0.567. The van der Waals surface area contributed by atoms with Crippen LogP contribution >= 0.6 is 0 Å². The summed E-state index contributed by atoms with van der Waals surface area (Å²) in [7, 11) is 4.11. The minimum Gasteiger partial charge on any atom is -0.355 e. The number of nitrogens with zero attached hydrogens (tertiary/aromatic N) is 4. The molecule has 0 aliphatic carbocycles. The highest BCUT2D eigenvalue weighted by Crippen LogP contribution is 2.15. The Labute approximate surface area is 130 Å². The maximum atomic E-state index is 4.48. The molecular weight excluding hydrogens is 262 g/mol. The van der Waals surface area contributed by atoms with Crippen molar-refractivity contribution in [2.75, 3.05) is 59.9 Å². The molecule has 0 aromatic heterocycles. The van der Waals surface area contributed by atoms with Gasteiger partial charge >= 0.3 is 0 Å². The average molecular weight is 295 g/mol. The second-order valence-corrected chi connectivity index (χ2v) is 6.81. The van der Waals surface area contributed by atoms with E-state index in [2.05, 4.69) is 45.9 Å². The van der Waals surface area contributed by atoms with Gasteiger partial charge in [-0.15, -0.1) is 0 Å². The van der Waals surface area contributed by atoms with Crippen LogP contribution in [-0.2, 0) is 0 Å². The van der Waals surface area contributed by atoms with Crippen LogP contribution in [0.25, 0.3) is 0 Å². The van der Waals surface area contributed by atoms with Crippen LogP contribution in [0.4, 0.5) is 0 Å². The van der Waals surface area contributed by atoms with E-state index in [1.807, 2.05) is 7.05 Å². The Hall–Kier alpha value is -0.810. The number of piperazine rings is 1. The number of rotatable bonds is 3. The Morgan fingerprint density at radius 1 is 1.24 bits per heavy atom. The first-order valence-corrected chi connectivity index (χ1v) is 8.48. The van der Waals surface area contributed by atoms with Gasteiger partial charge in [0.1, 0.15) is 0 Å². The summed E-state index contributed by atoms with van der Waals surface area (Å²) in [6.07, 6.45) is 2.64. The van der Waals surface area contributed by atoms with Gasteiger partial charge in [0.2, 0.25) is 0 Å². The van der Waals surface area contributed by atoms with E-state index in [9.17, 15) is 0 Å². The fraction of sp³-hybridized carbons (Fsp3) is 0.938. The van der Waals surface area contributed by atoms with E-state index in [0.717, 1.165) is 31.5 Å². The summed E-state index contributed by atoms with van der Waals surface area (Å²) in [5.74, 6) is 1.87. The van der Waals surface area contributed by atoms with Gasteiger partial charge in [0.05, 0.1) is 0 Å². The summed E-state index contributed by atoms with van der Waals surface area (Å²) >= 11 is 0. The van der Waals surface area contributed by atoms with E-state index < -0.39 is 0 Å². The predicted molar refractivity (Wildman–Crippen MR) is 89.9 cm³/mol. The van der Waals surface area contributed by atoms with Crippen LogP contribution in [0.2, 0.25) is 0 Å². The zero-order valence-electron chi connectivity index (χ0n) is 14.3. The van der Waals surface area contributed by atoms with Crippen LogP contribution in [0.3, 0.4) is 0 Å². The zero-order chi connectivity index (χ0) is 15.2. The molecule has 1 N–H and O–H groups in total. The third-order valence-electron chi connectivity index (χ3n) is 4.89. The van der Waals surface area contributed by atoms with Crippen molar-refractivity contribution in [3.05, 3.63) is 0 Å². The smallest absolute Gasteiger partial charge is 0.193 e. The maximum absolute atomic E-state index is 4.48. The summed E-state index contributed by atoms with van der Waals surface area (Å²) in [6.45, 7) is 12.7. The molecule has 0 amide bonds. The number of aliphatic imine (C=N–C) groups is 1. The summed E-state index contributed by atoms with van der Waals surface area (Å²) in [4.78, 5) is 11.9. The number of hydrogen-bond acceptors (Lipinski definition) is 3. The molecule has 0 aromatic carbocycles. The lowest BCUT2D eigenvalue weighted by Crippen LogP contribution is -2.53. The lowest BCUT2D eigenvalue weighted by atomic mass is 10.0. The van der Waals surface area contributed by atoms with Gasteiger partial charge in [0, 0.05) is 58.9 Å². The maximum Gasteiger partial charge on any atom is 0.193 e. The Morgan fingerprint density at radius 2 is 1.95 bits per heavy atom. The second-order valence-electron chi connectivity index (χ2n) is 6.81. The molecule has 2 unspecified atom stereocenters. The highest BCUT2D eigenvalue weighted by Gasteiger charge is 2.22. The van der Waals surface area contributed by atoms with Crippen molar-refractivity contribution in [1.82, 2.24) is 20.0 Å². The molecule has 0 spiro atoms. The van der Waals surface area contributed by atoms with E-state index in [0.29, 0.717) is 6.04 Å². The minimum atomic E-state index is 0.567. The van der Waals surface area contributed by atoms with Gasteiger partial charge in [-0.3, -0.25) is 9.89 Å². The molecule has 122 valence electrons. The van der Waals surface area contributed by atoms with Crippen LogP contribution in [0.15, 0.2) is 4.99 Å². The standard InChI is InChI=1S/C16H33N5/c1-14-6-5-7-21(13-14)16(17-3)18-12-15(2)20-10-8-19(4)9-11-20/h14-15H,5-13H2,1-4H3,(H,17,18). The van der Waals surface area contributed by atoms with Crippen LogP contribution < -0.4 is 5.32 Å². The third-order valence-corrected chi connectivity index (χ3v) is 4.89. The Morgan fingerprint density at radius 3 is 2.57 bits per heavy atom. The summed E-state index contributed by atoms with van der Waals surface area (Å²) in [5.41, 5.74) is 0. The van der Waals surface area contributed by atoms with Crippen LogP contribution in [0.5, 0.6) is 0 Å². The quantitative estimate of drug-likeness (QED) is 0.620. The van der Waals surface area contributed by atoms with Gasteiger partial charge in [-0.1, -0.05) is 6.92 Å². The van der Waals surface area contributed by atoms with Crippen LogP contribution in [0.1, 0.15) is 26.7 Å². The highest BCUT2D eigenvalue weighted by molar-refractivity contribution is 5.80. The molecule has 5 nitrogen and oxygen atoms in total. The lowest BCUT2D eigenvalue weighted by Gasteiger charge is -2.38. The number of piperidine rings is 1. The Kier molecular flexibility index (Phi) is 6.30. The van der Waals surface area contributed by atoms with Crippen molar-refractivity contribution in [1.29, 1.82) is 0 Å². The molecule has 2 saturated heterocycles. The fourth-order valence-electron chi connectivity index (χ4n) is 3.34. The molecule has 0 bridgehead atoms. The molecule has 2 heterocycles. The van der Waals surface area contributed by atoms with Gasteiger partial charge in [0.25, 0.3) is 0 Å². The monoisotopic (exact) mass is 295 g/mol. The van der Waals surface area contributed by atoms with Crippen LogP contribution in [0, 0.1) is 5.92 Å². The van der Waals surface area contributed by atoms with E-state index >= 15 is 0 Å². The lowest BCUT2D eigenvalue weighted by molar-refractivity contribution is 0.119. The molecule has 0 radical (unpaired) electrons. The largest absolute Gasteiger partial charge is 0.355 e. The first-order chi connectivity index (χ1) is 10.1. The predicted octanol–water partition coefficient (Wildman–Crippen LogP) is 0.930. The van der Waals surface area contributed by atoms with Gasteiger partial charge in [0.15, 0.2) is 5.96 Å². The van der Waals surface area contributed by atoms with E-state index in [4.69, 9.17) is 0 Å². The molecule has 2 aliphatic heterocycles. The third kappa shape index (κ3) is 4.85. The molecule has 2 atom stereocenters. The summed E-state index contributed by atoms with van der Waals surface area (Å²) in [5, 5.41) is 3.59. The SMILES string of the molecule is CN=C(NCC(C)N1CCN(C)CC1)N1CCCC(C)C1. The van der Waals surface area contributed by atoms with Crippen molar-refractivity contribution in [3.8, 4) is 0 Å². The van der Waals surface area contributed by atoms with Crippen molar-refractivity contribution >= 4 is 5.96 Å². The summed E-state index contributed by atoms with van der Waals surface area (Å²) < 4.78 is 0. The zero-order valence-corrected chi connectivity index (χ0v) is 14.3. The average Bonchev–Trinajstić information content (AvgIpc) is 2.48. The molecule has 2 rings (SSSR count).